The molecule has 25 heavy (non-hydrogen) atoms. The van der Waals surface area contributed by atoms with Crippen LogP contribution in [0.4, 0.5) is 5.69 Å². The van der Waals surface area contributed by atoms with E-state index >= 15 is 0 Å². The minimum Gasteiger partial charge on any atom is -0.464 e. The van der Waals surface area contributed by atoms with E-state index in [-0.39, 0.29) is 11.9 Å². The van der Waals surface area contributed by atoms with Crippen molar-refractivity contribution in [2.45, 2.75) is 32.1 Å². The molecule has 2 unspecified atom stereocenters. The smallest absolute Gasteiger partial charge is 0.338 e. The molecule has 2 atom stereocenters. The van der Waals surface area contributed by atoms with Crippen LogP contribution in [0.25, 0.3) is 0 Å². The maximum atomic E-state index is 12.5. The number of carbonyl (C=O) groups excluding carboxylic acids is 2. The van der Waals surface area contributed by atoms with E-state index in [2.05, 4.69) is 0 Å². The lowest BCUT2D eigenvalue weighted by Crippen LogP contribution is -2.23. The first-order valence-electron chi connectivity index (χ1n) is 8.39. The first-order valence-corrected chi connectivity index (χ1v) is 8.39. The van der Waals surface area contributed by atoms with Gasteiger partial charge in [-0.3, -0.25) is 4.79 Å². The second kappa shape index (κ2) is 5.70. The maximum absolute atomic E-state index is 12.5. The van der Waals surface area contributed by atoms with Crippen LogP contribution in [0.1, 0.15) is 35.3 Å². The normalized spacial score (nSPS) is 24.2. The van der Waals surface area contributed by atoms with Gasteiger partial charge in [0.05, 0.1) is 13.2 Å². The number of carbonyl (C=O) groups is 2. The number of epoxide rings is 1. The largest absolute Gasteiger partial charge is 0.464 e. The summed E-state index contributed by atoms with van der Waals surface area (Å²) in [6.07, 6.45) is -0.559. The highest BCUT2D eigenvalue weighted by atomic mass is 16.7. The van der Waals surface area contributed by atoms with Gasteiger partial charge in [-0.25, -0.2) is 4.79 Å². The standard InChI is InChI=1S/C20H19NO4/c1-3-24-19(23)17-20(2,25-17)14-8-10-15(11-9-14)21-12-13-6-4-5-7-16(13)18(21)22/h4-11,17H,3,12H2,1-2H3. The minimum atomic E-state index is -0.650. The van der Waals surface area contributed by atoms with E-state index in [0.29, 0.717) is 13.2 Å². The van der Waals surface area contributed by atoms with Gasteiger partial charge in [0.2, 0.25) is 0 Å². The van der Waals surface area contributed by atoms with Crippen LogP contribution >= 0.6 is 0 Å². The summed E-state index contributed by atoms with van der Waals surface area (Å²) in [5.41, 5.74) is 2.88. The number of benzene rings is 2. The van der Waals surface area contributed by atoms with E-state index in [4.69, 9.17) is 9.47 Å². The summed E-state index contributed by atoms with van der Waals surface area (Å²) < 4.78 is 10.6. The Morgan fingerprint density at radius 1 is 1.24 bits per heavy atom. The Morgan fingerprint density at radius 2 is 1.96 bits per heavy atom. The molecule has 2 aromatic rings. The Kier molecular flexibility index (Phi) is 3.62. The summed E-state index contributed by atoms with van der Waals surface area (Å²) in [5.74, 6) is -0.319. The molecule has 1 saturated heterocycles. The van der Waals surface area contributed by atoms with Gasteiger partial charge in [-0.1, -0.05) is 30.3 Å². The zero-order valence-electron chi connectivity index (χ0n) is 14.2. The van der Waals surface area contributed by atoms with Gasteiger partial charge in [-0.05, 0) is 43.2 Å². The number of hydrogen-bond acceptors (Lipinski definition) is 4. The Hall–Kier alpha value is -2.66. The van der Waals surface area contributed by atoms with Gasteiger partial charge in [0.25, 0.3) is 5.91 Å². The van der Waals surface area contributed by atoms with Crippen molar-refractivity contribution < 1.29 is 19.1 Å². The predicted molar refractivity (Wildman–Crippen MR) is 92.3 cm³/mol. The summed E-state index contributed by atoms with van der Waals surface area (Å²) in [6.45, 7) is 4.57. The fraction of sp³-hybridized carbons (Fsp3) is 0.300. The molecule has 1 fully saturated rings. The molecule has 2 aliphatic rings. The van der Waals surface area contributed by atoms with Crippen LogP contribution in [-0.4, -0.2) is 24.6 Å². The van der Waals surface area contributed by atoms with Crippen LogP contribution in [0.2, 0.25) is 0 Å². The molecule has 128 valence electrons. The van der Waals surface area contributed by atoms with Gasteiger partial charge < -0.3 is 14.4 Å². The number of amides is 1. The topological polar surface area (TPSA) is 59.1 Å². The third-order valence-electron chi connectivity index (χ3n) is 4.88. The second-order valence-electron chi connectivity index (χ2n) is 6.45. The van der Waals surface area contributed by atoms with Crippen LogP contribution < -0.4 is 4.90 Å². The molecular formula is C20H19NO4. The fourth-order valence-corrected chi connectivity index (χ4v) is 3.36. The van der Waals surface area contributed by atoms with Crippen molar-refractivity contribution in [3.63, 3.8) is 0 Å². The van der Waals surface area contributed by atoms with Gasteiger partial charge >= 0.3 is 5.97 Å². The maximum Gasteiger partial charge on any atom is 0.338 e. The first kappa shape index (κ1) is 15.8. The highest BCUT2D eigenvalue weighted by molar-refractivity contribution is 6.09. The number of hydrogen-bond donors (Lipinski definition) is 0. The molecule has 2 heterocycles. The van der Waals surface area contributed by atoms with Gasteiger partial charge in [0, 0.05) is 11.3 Å². The van der Waals surface area contributed by atoms with E-state index in [1.54, 1.807) is 11.8 Å². The third-order valence-corrected chi connectivity index (χ3v) is 4.88. The van der Waals surface area contributed by atoms with Crippen LogP contribution in [0.5, 0.6) is 0 Å². The summed E-state index contributed by atoms with van der Waals surface area (Å²) >= 11 is 0. The monoisotopic (exact) mass is 337 g/mol. The van der Waals surface area contributed by atoms with Crippen molar-refractivity contribution in [1.29, 1.82) is 0 Å². The molecule has 2 aliphatic heterocycles. The Bertz CT molecular complexity index is 845. The zero-order chi connectivity index (χ0) is 17.6. The Balaban J connectivity index is 1.53. The average Bonchev–Trinajstić information content (AvgIpc) is 3.22. The molecule has 0 bridgehead atoms. The Labute approximate surface area is 146 Å². The van der Waals surface area contributed by atoms with E-state index in [1.807, 2.05) is 55.5 Å². The summed E-state index contributed by atoms with van der Waals surface area (Å²) in [4.78, 5) is 26.1. The summed E-state index contributed by atoms with van der Waals surface area (Å²) in [6, 6.07) is 15.3. The predicted octanol–water partition coefficient (Wildman–Crippen LogP) is 3.02. The second-order valence-corrected chi connectivity index (χ2v) is 6.45. The molecular weight excluding hydrogens is 318 g/mol. The van der Waals surface area contributed by atoms with Crippen LogP contribution in [0, 0.1) is 0 Å². The van der Waals surface area contributed by atoms with Crippen LogP contribution in [-0.2, 0) is 26.4 Å². The van der Waals surface area contributed by atoms with Gasteiger partial charge in [-0.15, -0.1) is 0 Å². The van der Waals surface area contributed by atoms with Crippen LogP contribution in [0.3, 0.4) is 0 Å². The highest BCUT2D eigenvalue weighted by Crippen LogP contribution is 2.47. The number of anilines is 1. The fourth-order valence-electron chi connectivity index (χ4n) is 3.36. The number of nitrogens with zero attached hydrogens (tertiary/aromatic N) is 1. The first-order chi connectivity index (χ1) is 12.0. The molecule has 5 heteroatoms. The van der Waals surface area contributed by atoms with Crippen molar-refractivity contribution in [2.24, 2.45) is 0 Å². The van der Waals surface area contributed by atoms with Crippen LogP contribution in [0.15, 0.2) is 48.5 Å². The van der Waals surface area contributed by atoms with Gasteiger partial charge in [0.15, 0.2) is 6.10 Å². The lowest BCUT2D eigenvalue weighted by Gasteiger charge is -2.17. The molecule has 0 spiro atoms. The number of esters is 1. The molecule has 2 aromatic carbocycles. The molecule has 5 nitrogen and oxygen atoms in total. The molecule has 0 N–H and O–H groups in total. The quantitative estimate of drug-likeness (QED) is 0.636. The van der Waals surface area contributed by atoms with E-state index in [0.717, 1.165) is 22.4 Å². The summed E-state index contributed by atoms with van der Waals surface area (Å²) in [5, 5.41) is 0. The van der Waals surface area contributed by atoms with E-state index in [9.17, 15) is 9.59 Å². The molecule has 0 saturated carbocycles. The van der Waals surface area contributed by atoms with Crippen molar-refractivity contribution >= 4 is 17.6 Å². The van der Waals surface area contributed by atoms with Crippen molar-refractivity contribution in [3.8, 4) is 0 Å². The number of ether oxygens (including phenoxy) is 2. The lowest BCUT2D eigenvalue weighted by molar-refractivity contribution is -0.144. The third kappa shape index (κ3) is 2.51. The molecule has 0 aliphatic carbocycles. The van der Waals surface area contributed by atoms with Crippen molar-refractivity contribution in [2.75, 3.05) is 11.5 Å². The lowest BCUT2D eigenvalue weighted by atomic mass is 9.97. The summed E-state index contributed by atoms with van der Waals surface area (Å²) in [7, 11) is 0. The molecule has 0 radical (unpaired) electrons. The van der Waals surface area contributed by atoms with Crippen molar-refractivity contribution in [1.82, 2.24) is 0 Å². The van der Waals surface area contributed by atoms with E-state index < -0.39 is 11.7 Å². The highest BCUT2D eigenvalue weighted by Gasteiger charge is 2.59. The van der Waals surface area contributed by atoms with Gasteiger partial charge in [0.1, 0.15) is 5.60 Å². The van der Waals surface area contributed by atoms with Gasteiger partial charge in [-0.2, -0.15) is 0 Å². The SMILES string of the molecule is CCOC(=O)C1OC1(C)c1ccc(N2Cc3ccccc3C2=O)cc1. The molecule has 0 aromatic heterocycles. The Morgan fingerprint density at radius 3 is 2.64 bits per heavy atom. The number of fused-ring (bicyclic) bond motifs is 1. The number of rotatable bonds is 4. The molecule has 1 amide bonds. The van der Waals surface area contributed by atoms with E-state index in [1.165, 1.54) is 0 Å². The van der Waals surface area contributed by atoms with Crippen molar-refractivity contribution in [3.05, 3.63) is 65.2 Å². The zero-order valence-corrected chi connectivity index (χ0v) is 14.2. The minimum absolute atomic E-state index is 0.0154. The average molecular weight is 337 g/mol. The molecule has 4 rings (SSSR count).